The van der Waals surface area contributed by atoms with Crippen LogP contribution in [0.4, 0.5) is 0 Å². The number of hydrogen-bond acceptors (Lipinski definition) is 4. The van der Waals surface area contributed by atoms with E-state index in [0.717, 1.165) is 18.4 Å². The van der Waals surface area contributed by atoms with Crippen LogP contribution in [0.5, 0.6) is 0 Å². The van der Waals surface area contributed by atoms with Gasteiger partial charge >= 0.3 is 0 Å². The van der Waals surface area contributed by atoms with Crippen molar-refractivity contribution < 1.29 is 4.79 Å². The summed E-state index contributed by atoms with van der Waals surface area (Å²) in [5.41, 5.74) is 1.95. The molecule has 0 saturated carbocycles. The summed E-state index contributed by atoms with van der Waals surface area (Å²) in [4.78, 5) is 30.5. The van der Waals surface area contributed by atoms with Crippen LogP contribution in [0.3, 0.4) is 0 Å². The maximum atomic E-state index is 13.1. The Kier molecular flexibility index (Phi) is 5.63. The largest absolute Gasteiger partial charge is 0.352 e. The summed E-state index contributed by atoms with van der Waals surface area (Å²) in [6, 6.07) is 5.22. The summed E-state index contributed by atoms with van der Waals surface area (Å²) in [6.07, 6.45) is 3.52. The molecular formula is C21H27N5O2. The van der Waals surface area contributed by atoms with Crippen molar-refractivity contribution in [3.05, 3.63) is 51.4 Å². The Labute approximate surface area is 163 Å². The number of pyridine rings is 2. The van der Waals surface area contributed by atoms with Gasteiger partial charge in [0.25, 0.3) is 11.5 Å². The minimum absolute atomic E-state index is 0.0834. The molecular weight excluding hydrogens is 354 g/mol. The highest BCUT2D eigenvalue weighted by Crippen LogP contribution is 2.14. The number of rotatable bonds is 6. The van der Waals surface area contributed by atoms with Gasteiger partial charge in [-0.3, -0.25) is 19.4 Å². The van der Waals surface area contributed by atoms with E-state index >= 15 is 0 Å². The molecule has 1 amide bonds. The Morgan fingerprint density at radius 3 is 2.75 bits per heavy atom. The topological polar surface area (TPSA) is 92.2 Å². The predicted octanol–water partition coefficient (Wildman–Crippen LogP) is 2.62. The first kappa shape index (κ1) is 19.8. The van der Waals surface area contributed by atoms with Crippen LogP contribution in [0.2, 0.25) is 0 Å². The predicted molar refractivity (Wildman–Crippen MR) is 110 cm³/mol. The Morgan fingerprint density at radius 1 is 1.32 bits per heavy atom. The van der Waals surface area contributed by atoms with E-state index < -0.39 is 0 Å². The van der Waals surface area contributed by atoms with Gasteiger partial charge in [-0.1, -0.05) is 33.3 Å². The van der Waals surface area contributed by atoms with E-state index in [1.807, 2.05) is 33.8 Å². The van der Waals surface area contributed by atoms with Gasteiger partial charge < -0.3 is 9.88 Å². The lowest BCUT2D eigenvalue weighted by molar-refractivity contribution is 0.0950. The molecule has 7 heteroatoms. The van der Waals surface area contributed by atoms with Crippen molar-refractivity contribution in [1.29, 1.82) is 5.41 Å². The van der Waals surface area contributed by atoms with Crippen molar-refractivity contribution in [3.8, 4) is 0 Å². The third-order valence-electron chi connectivity index (χ3n) is 4.74. The molecule has 0 aliphatic rings. The van der Waals surface area contributed by atoms with E-state index in [4.69, 9.17) is 10.4 Å². The van der Waals surface area contributed by atoms with E-state index in [1.165, 1.54) is 10.5 Å². The maximum absolute atomic E-state index is 13.1. The zero-order chi connectivity index (χ0) is 20.4. The molecule has 0 radical (unpaired) electrons. The molecule has 0 fully saturated rings. The minimum atomic E-state index is -0.327. The Balaban J connectivity index is 2.33. The molecule has 7 nitrogen and oxygen atoms in total. The normalized spacial score (nSPS) is 11.5. The van der Waals surface area contributed by atoms with Crippen molar-refractivity contribution in [3.63, 3.8) is 0 Å². The summed E-state index contributed by atoms with van der Waals surface area (Å²) in [7, 11) is 0. The van der Waals surface area contributed by atoms with Gasteiger partial charge in [-0.15, -0.1) is 0 Å². The zero-order valence-corrected chi connectivity index (χ0v) is 16.9. The zero-order valence-electron chi connectivity index (χ0n) is 16.9. The first-order chi connectivity index (χ1) is 13.3. The van der Waals surface area contributed by atoms with Crippen molar-refractivity contribution in [2.24, 2.45) is 5.92 Å². The average molecular weight is 381 g/mol. The molecule has 3 rings (SSSR count). The second kappa shape index (κ2) is 7.96. The number of carbonyl (C=O) groups excluding carboxylic acids is 1. The van der Waals surface area contributed by atoms with Crippen LogP contribution < -0.4 is 16.4 Å². The number of unbranched alkanes of at least 4 members (excludes halogenated alkanes) is 1. The Bertz CT molecular complexity index is 1160. The fraction of sp³-hybridized carbons (Fsp3) is 0.429. The third kappa shape index (κ3) is 3.56. The summed E-state index contributed by atoms with van der Waals surface area (Å²) in [5.74, 6) is -0.0978. The van der Waals surface area contributed by atoms with Gasteiger partial charge in [0.05, 0.1) is 10.9 Å². The van der Waals surface area contributed by atoms with Crippen LogP contribution in [0.1, 0.15) is 49.5 Å². The molecule has 0 aromatic carbocycles. The Hall–Kier alpha value is -2.96. The number of nitrogens with zero attached hydrogens (tertiary/aromatic N) is 3. The van der Waals surface area contributed by atoms with Crippen LogP contribution in [0, 0.1) is 18.3 Å². The highest BCUT2D eigenvalue weighted by atomic mass is 16.1. The molecule has 0 saturated heterocycles. The number of carbonyl (C=O) groups is 1. The van der Waals surface area contributed by atoms with Crippen molar-refractivity contribution in [1.82, 2.24) is 19.3 Å². The molecule has 0 aliphatic carbocycles. The standard InChI is InChI=1S/C21H27N5O2/c1-5-6-9-23-20(27)15-11-16-19(26(17(15)22)12-13(2)3)24-18-14(4)8-7-10-25(18)21(16)28/h7-8,10-11,13,22H,5-6,9,12H2,1-4H3,(H,23,27). The number of hydrogen-bond donors (Lipinski definition) is 2. The number of aromatic nitrogens is 3. The molecule has 0 bridgehead atoms. The summed E-state index contributed by atoms with van der Waals surface area (Å²) in [6.45, 7) is 9.06. The van der Waals surface area contributed by atoms with Crippen LogP contribution in [0.15, 0.2) is 29.2 Å². The molecule has 0 unspecified atom stereocenters. The summed E-state index contributed by atoms with van der Waals surface area (Å²) in [5, 5.41) is 11.8. The van der Waals surface area contributed by atoms with Crippen molar-refractivity contribution in [2.75, 3.05) is 6.54 Å². The Morgan fingerprint density at radius 2 is 2.07 bits per heavy atom. The van der Waals surface area contributed by atoms with Crippen LogP contribution >= 0.6 is 0 Å². The smallest absolute Gasteiger partial charge is 0.267 e. The fourth-order valence-corrected chi connectivity index (χ4v) is 3.29. The summed E-state index contributed by atoms with van der Waals surface area (Å²) < 4.78 is 3.18. The lowest BCUT2D eigenvalue weighted by Gasteiger charge is -2.16. The molecule has 3 aromatic heterocycles. The van der Waals surface area contributed by atoms with Gasteiger partial charge in [0, 0.05) is 19.3 Å². The molecule has 28 heavy (non-hydrogen) atoms. The number of nitrogens with one attached hydrogen (secondary N) is 2. The molecule has 0 spiro atoms. The number of amides is 1. The SMILES string of the molecule is CCCCNC(=O)c1cc2c(=O)n3cccc(C)c3nc2n(CC(C)C)c1=N. The first-order valence-electron chi connectivity index (χ1n) is 9.73. The first-order valence-corrected chi connectivity index (χ1v) is 9.73. The van der Waals surface area contributed by atoms with Gasteiger partial charge in [0.15, 0.2) is 0 Å². The lowest BCUT2D eigenvalue weighted by Crippen LogP contribution is -2.36. The van der Waals surface area contributed by atoms with Gasteiger partial charge in [-0.05, 0) is 37.0 Å². The molecule has 3 aromatic rings. The number of fused-ring (bicyclic) bond motifs is 2. The van der Waals surface area contributed by atoms with Gasteiger partial charge in [-0.2, -0.15) is 0 Å². The van der Waals surface area contributed by atoms with E-state index in [-0.39, 0.29) is 28.4 Å². The van der Waals surface area contributed by atoms with Gasteiger partial charge in [0.2, 0.25) is 0 Å². The third-order valence-corrected chi connectivity index (χ3v) is 4.74. The molecule has 2 N–H and O–H groups in total. The number of aryl methyl sites for hydroxylation is 1. The molecule has 3 heterocycles. The van der Waals surface area contributed by atoms with Crippen LogP contribution in [-0.4, -0.2) is 26.4 Å². The average Bonchev–Trinajstić information content (AvgIpc) is 2.65. The van der Waals surface area contributed by atoms with Crippen LogP contribution in [-0.2, 0) is 6.54 Å². The maximum Gasteiger partial charge on any atom is 0.267 e. The van der Waals surface area contributed by atoms with Crippen molar-refractivity contribution >= 4 is 22.6 Å². The fourth-order valence-electron chi connectivity index (χ4n) is 3.29. The van der Waals surface area contributed by atoms with E-state index in [0.29, 0.717) is 29.8 Å². The van der Waals surface area contributed by atoms with Crippen LogP contribution in [0.25, 0.3) is 16.7 Å². The second-order valence-corrected chi connectivity index (χ2v) is 7.56. The van der Waals surface area contributed by atoms with Crippen molar-refractivity contribution in [2.45, 2.75) is 47.1 Å². The lowest BCUT2D eigenvalue weighted by atomic mass is 10.1. The van der Waals surface area contributed by atoms with Gasteiger partial charge in [-0.25, -0.2) is 4.98 Å². The monoisotopic (exact) mass is 381 g/mol. The summed E-state index contributed by atoms with van der Waals surface area (Å²) >= 11 is 0. The van der Waals surface area contributed by atoms with E-state index in [1.54, 1.807) is 16.8 Å². The van der Waals surface area contributed by atoms with E-state index in [9.17, 15) is 9.59 Å². The molecule has 148 valence electrons. The second-order valence-electron chi connectivity index (χ2n) is 7.56. The quantitative estimate of drug-likeness (QED) is 0.508. The molecule has 0 aliphatic heterocycles. The highest BCUT2D eigenvalue weighted by Gasteiger charge is 2.18. The highest BCUT2D eigenvalue weighted by molar-refractivity contribution is 5.96. The minimum Gasteiger partial charge on any atom is -0.352 e. The van der Waals surface area contributed by atoms with E-state index in [2.05, 4.69) is 5.32 Å². The molecule has 0 atom stereocenters. The van der Waals surface area contributed by atoms with Gasteiger partial charge in [0.1, 0.15) is 16.8 Å².